The summed E-state index contributed by atoms with van der Waals surface area (Å²) in [4.78, 5) is 0. The van der Waals surface area contributed by atoms with E-state index in [9.17, 15) is 4.39 Å². The Labute approximate surface area is 108 Å². The zero-order valence-corrected chi connectivity index (χ0v) is 10.7. The maximum Gasteiger partial charge on any atom is 0.123 e. The van der Waals surface area contributed by atoms with Crippen molar-refractivity contribution in [2.45, 2.75) is 6.54 Å². The SMILES string of the molecule is Fc1ccc(NCc2ccc(I)cc2)cc1. The molecule has 16 heavy (non-hydrogen) atoms. The van der Waals surface area contributed by atoms with Crippen molar-refractivity contribution < 1.29 is 4.39 Å². The lowest BCUT2D eigenvalue weighted by molar-refractivity contribution is 0.628. The van der Waals surface area contributed by atoms with Crippen LogP contribution in [-0.2, 0) is 6.54 Å². The van der Waals surface area contributed by atoms with Gasteiger partial charge in [-0.3, -0.25) is 0 Å². The molecule has 0 aromatic heterocycles. The lowest BCUT2D eigenvalue weighted by Gasteiger charge is -2.06. The first-order valence-electron chi connectivity index (χ1n) is 4.98. The molecule has 0 aliphatic heterocycles. The van der Waals surface area contributed by atoms with E-state index in [4.69, 9.17) is 0 Å². The standard InChI is InChI=1S/C13H11FIN/c14-11-3-7-13(8-4-11)16-9-10-1-5-12(15)6-2-10/h1-8,16H,9H2. The van der Waals surface area contributed by atoms with E-state index in [2.05, 4.69) is 52.2 Å². The summed E-state index contributed by atoms with van der Waals surface area (Å²) in [6.07, 6.45) is 0. The minimum absolute atomic E-state index is 0.209. The van der Waals surface area contributed by atoms with Crippen LogP contribution in [0.15, 0.2) is 48.5 Å². The normalized spacial score (nSPS) is 10.1. The lowest BCUT2D eigenvalue weighted by atomic mass is 10.2. The topological polar surface area (TPSA) is 12.0 Å². The quantitative estimate of drug-likeness (QED) is 0.839. The second kappa shape index (κ2) is 5.30. The highest BCUT2D eigenvalue weighted by Gasteiger charge is 1.95. The van der Waals surface area contributed by atoms with Crippen LogP contribution in [0.4, 0.5) is 10.1 Å². The molecule has 2 aromatic carbocycles. The fourth-order valence-corrected chi connectivity index (χ4v) is 1.73. The lowest BCUT2D eigenvalue weighted by Crippen LogP contribution is -1.99. The number of rotatable bonds is 3. The summed E-state index contributed by atoms with van der Waals surface area (Å²) in [5, 5.41) is 3.24. The molecule has 82 valence electrons. The van der Waals surface area contributed by atoms with Gasteiger partial charge in [0.2, 0.25) is 0 Å². The average Bonchev–Trinajstić information content (AvgIpc) is 2.30. The van der Waals surface area contributed by atoms with Gasteiger partial charge in [0, 0.05) is 15.8 Å². The number of anilines is 1. The van der Waals surface area contributed by atoms with E-state index in [0.717, 1.165) is 12.2 Å². The van der Waals surface area contributed by atoms with Gasteiger partial charge in [-0.05, 0) is 64.6 Å². The predicted octanol–water partition coefficient (Wildman–Crippen LogP) is 4.04. The van der Waals surface area contributed by atoms with Crippen LogP contribution in [-0.4, -0.2) is 0 Å². The van der Waals surface area contributed by atoms with Gasteiger partial charge in [0.15, 0.2) is 0 Å². The van der Waals surface area contributed by atoms with Crippen molar-refractivity contribution in [1.82, 2.24) is 0 Å². The third kappa shape index (κ3) is 3.20. The summed E-state index contributed by atoms with van der Waals surface area (Å²) >= 11 is 2.28. The molecule has 0 amide bonds. The minimum atomic E-state index is -0.209. The van der Waals surface area contributed by atoms with Crippen molar-refractivity contribution in [3.05, 3.63) is 63.5 Å². The van der Waals surface area contributed by atoms with Gasteiger partial charge in [0.25, 0.3) is 0 Å². The first kappa shape index (κ1) is 11.4. The fraction of sp³-hybridized carbons (Fsp3) is 0.0769. The number of hydrogen-bond donors (Lipinski definition) is 1. The van der Waals surface area contributed by atoms with Crippen LogP contribution in [0, 0.1) is 9.39 Å². The molecule has 0 aliphatic rings. The van der Waals surface area contributed by atoms with Crippen LogP contribution in [0.1, 0.15) is 5.56 Å². The summed E-state index contributed by atoms with van der Waals surface area (Å²) in [5.41, 5.74) is 2.14. The average molecular weight is 327 g/mol. The molecule has 0 saturated carbocycles. The maximum absolute atomic E-state index is 12.7. The van der Waals surface area contributed by atoms with Gasteiger partial charge in [-0.1, -0.05) is 12.1 Å². The Bertz CT molecular complexity index is 405. The molecule has 0 saturated heterocycles. The predicted molar refractivity (Wildman–Crippen MR) is 72.9 cm³/mol. The van der Waals surface area contributed by atoms with Gasteiger partial charge >= 0.3 is 0 Å². The van der Waals surface area contributed by atoms with Gasteiger partial charge in [-0.2, -0.15) is 0 Å². The van der Waals surface area contributed by atoms with Crippen molar-refractivity contribution in [3.63, 3.8) is 0 Å². The minimum Gasteiger partial charge on any atom is -0.381 e. The molecule has 0 bridgehead atoms. The smallest absolute Gasteiger partial charge is 0.123 e. The molecule has 0 unspecified atom stereocenters. The summed E-state index contributed by atoms with van der Waals surface area (Å²) in [6.45, 7) is 0.753. The summed E-state index contributed by atoms with van der Waals surface area (Å²) < 4.78 is 13.9. The van der Waals surface area contributed by atoms with Crippen LogP contribution in [0.3, 0.4) is 0 Å². The molecule has 0 aliphatic carbocycles. The first-order valence-corrected chi connectivity index (χ1v) is 6.06. The monoisotopic (exact) mass is 327 g/mol. The molecule has 2 rings (SSSR count). The van der Waals surface area contributed by atoms with Crippen LogP contribution >= 0.6 is 22.6 Å². The van der Waals surface area contributed by atoms with E-state index in [1.807, 2.05) is 0 Å². The number of hydrogen-bond acceptors (Lipinski definition) is 1. The molecular weight excluding hydrogens is 316 g/mol. The summed E-state index contributed by atoms with van der Waals surface area (Å²) in [6, 6.07) is 14.7. The molecule has 0 atom stereocenters. The van der Waals surface area contributed by atoms with Crippen LogP contribution < -0.4 is 5.32 Å². The molecular formula is C13H11FIN. The van der Waals surface area contributed by atoms with Gasteiger partial charge < -0.3 is 5.32 Å². The van der Waals surface area contributed by atoms with Crippen molar-refractivity contribution in [2.24, 2.45) is 0 Å². The third-order valence-corrected chi connectivity index (χ3v) is 2.97. The second-order valence-electron chi connectivity index (χ2n) is 3.49. The van der Waals surface area contributed by atoms with Gasteiger partial charge in [0.1, 0.15) is 5.82 Å². The molecule has 1 nitrogen and oxygen atoms in total. The first-order chi connectivity index (χ1) is 7.74. The van der Waals surface area contributed by atoms with E-state index in [1.165, 1.54) is 21.3 Å². The van der Waals surface area contributed by atoms with Crippen molar-refractivity contribution >= 4 is 28.3 Å². The molecule has 0 fully saturated rings. The Balaban J connectivity index is 1.97. The largest absolute Gasteiger partial charge is 0.381 e. The Morgan fingerprint density at radius 3 is 2.19 bits per heavy atom. The summed E-state index contributed by atoms with van der Waals surface area (Å²) in [7, 11) is 0. The van der Waals surface area contributed by atoms with E-state index in [-0.39, 0.29) is 5.82 Å². The van der Waals surface area contributed by atoms with E-state index in [0.29, 0.717) is 0 Å². The Morgan fingerprint density at radius 1 is 0.938 bits per heavy atom. The second-order valence-corrected chi connectivity index (χ2v) is 4.73. The molecule has 0 heterocycles. The van der Waals surface area contributed by atoms with E-state index >= 15 is 0 Å². The highest BCUT2D eigenvalue weighted by Crippen LogP contribution is 2.11. The Kier molecular flexibility index (Phi) is 3.77. The highest BCUT2D eigenvalue weighted by molar-refractivity contribution is 14.1. The van der Waals surface area contributed by atoms with Crippen LogP contribution in [0.2, 0.25) is 0 Å². The van der Waals surface area contributed by atoms with Gasteiger partial charge in [-0.25, -0.2) is 4.39 Å². The zero-order chi connectivity index (χ0) is 11.4. The third-order valence-electron chi connectivity index (χ3n) is 2.25. The number of nitrogens with one attached hydrogen (secondary N) is 1. The van der Waals surface area contributed by atoms with Crippen LogP contribution in [0.25, 0.3) is 0 Å². The molecule has 0 radical (unpaired) electrons. The fourth-order valence-electron chi connectivity index (χ4n) is 1.37. The van der Waals surface area contributed by atoms with Gasteiger partial charge in [-0.15, -0.1) is 0 Å². The Hall–Kier alpha value is -1.10. The van der Waals surface area contributed by atoms with E-state index < -0.39 is 0 Å². The summed E-state index contributed by atoms with van der Waals surface area (Å²) in [5.74, 6) is -0.209. The molecule has 0 spiro atoms. The van der Waals surface area contributed by atoms with Crippen molar-refractivity contribution in [3.8, 4) is 0 Å². The maximum atomic E-state index is 12.7. The highest BCUT2D eigenvalue weighted by atomic mass is 127. The Morgan fingerprint density at radius 2 is 1.56 bits per heavy atom. The molecule has 1 N–H and O–H groups in total. The number of halogens is 2. The molecule has 3 heteroatoms. The van der Waals surface area contributed by atoms with Crippen molar-refractivity contribution in [1.29, 1.82) is 0 Å². The van der Waals surface area contributed by atoms with Crippen molar-refractivity contribution in [2.75, 3.05) is 5.32 Å². The van der Waals surface area contributed by atoms with Gasteiger partial charge in [0.05, 0.1) is 0 Å². The zero-order valence-electron chi connectivity index (χ0n) is 8.58. The van der Waals surface area contributed by atoms with Crippen LogP contribution in [0.5, 0.6) is 0 Å². The van der Waals surface area contributed by atoms with E-state index in [1.54, 1.807) is 12.1 Å². The molecule has 2 aromatic rings. The number of benzene rings is 2.